The van der Waals surface area contributed by atoms with E-state index in [1.54, 1.807) is 5.56 Å². The standard InChI is InChI=1S/C36H33NO/c1-36-21-20-28-27-16-12-24(22-25(27)13-17-29(28)32(36)18-19-35(36)38)23-10-14-26(15-11-23)37-33-8-4-2-6-30(33)31-7-3-5-9-34(31)37/h2-12,14-16,22,28-29,32H,13,17-21H2,1H3/t28-,29-,32+,36+/m1/s1. The van der Waals surface area contributed by atoms with Crippen LogP contribution in [0.5, 0.6) is 0 Å². The van der Waals surface area contributed by atoms with Crippen molar-refractivity contribution >= 4 is 27.6 Å². The van der Waals surface area contributed by atoms with E-state index in [4.69, 9.17) is 0 Å². The molecular weight excluding hydrogens is 462 g/mol. The number of aromatic nitrogens is 1. The number of nitrogens with zero attached hydrogens (tertiary/aromatic N) is 1. The van der Waals surface area contributed by atoms with E-state index in [-0.39, 0.29) is 5.41 Å². The Balaban J connectivity index is 1.13. The molecule has 2 saturated carbocycles. The molecule has 38 heavy (non-hydrogen) atoms. The Hall–Kier alpha value is -3.65. The van der Waals surface area contributed by atoms with Crippen LogP contribution in [0.1, 0.15) is 56.1 Å². The summed E-state index contributed by atoms with van der Waals surface area (Å²) in [7, 11) is 0. The van der Waals surface area contributed by atoms with Crippen molar-refractivity contribution in [2.75, 3.05) is 0 Å². The Kier molecular flexibility index (Phi) is 4.81. The summed E-state index contributed by atoms with van der Waals surface area (Å²) < 4.78 is 2.38. The number of hydrogen-bond acceptors (Lipinski definition) is 1. The first kappa shape index (κ1) is 22.3. The van der Waals surface area contributed by atoms with Crippen LogP contribution >= 0.6 is 0 Å². The lowest BCUT2D eigenvalue weighted by atomic mass is 9.55. The van der Waals surface area contributed by atoms with Crippen molar-refractivity contribution in [3.8, 4) is 16.8 Å². The van der Waals surface area contributed by atoms with Gasteiger partial charge in [-0.25, -0.2) is 0 Å². The Morgan fingerprint density at radius 3 is 2.16 bits per heavy atom. The molecule has 0 bridgehead atoms. The van der Waals surface area contributed by atoms with Gasteiger partial charge in [-0.15, -0.1) is 0 Å². The number of para-hydroxylation sites is 2. The number of Topliss-reactive ketones (excluding diaryl/α,β-unsaturated/α-hetero) is 1. The summed E-state index contributed by atoms with van der Waals surface area (Å²) in [5.74, 6) is 2.44. The molecule has 2 heteroatoms. The second-order valence-corrected chi connectivity index (χ2v) is 12.2. The van der Waals surface area contributed by atoms with Crippen LogP contribution in [0.4, 0.5) is 0 Å². The molecule has 2 fully saturated rings. The predicted octanol–water partition coefficient (Wildman–Crippen LogP) is 8.88. The number of rotatable bonds is 2. The normalized spacial score (nSPS) is 26.3. The summed E-state index contributed by atoms with van der Waals surface area (Å²) in [4.78, 5) is 12.7. The van der Waals surface area contributed by atoms with E-state index < -0.39 is 0 Å². The van der Waals surface area contributed by atoms with Crippen molar-refractivity contribution in [1.82, 2.24) is 4.57 Å². The van der Waals surface area contributed by atoms with Gasteiger partial charge in [-0.1, -0.05) is 73.7 Å². The lowest BCUT2D eigenvalue weighted by Crippen LogP contribution is -2.42. The fourth-order valence-electron chi connectivity index (χ4n) is 8.54. The summed E-state index contributed by atoms with van der Waals surface area (Å²) in [6.07, 6.45) is 6.54. The van der Waals surface area contributed by atoms with E-state index in [1.807, 2.05) is 0 Å². The highest BCUT2D eigenvalue weighted by Gasteiger charge is 2.54. The molecule has 0 unspecified atom stereocenters. The maximum absolute atomic E-state index is 12.7. The first-order chi connectivity index (χ1) is 18.6. The first-order valence-corrected chi connectivity index (χ1v) is 14.4. The summed E-state index contributed by atoms with van der Waals surface area (Å²) in [6.45, 7) is 2.27. The number of hydrogen-bond donors (Lipinski definition) is 0. The van der Waals surface area contributed by atoms with Crippen LogP contribution in [0, 0.1) is 17.3 Å². The minimum Gasteiger partial charge on any atom is -0.309 e. The Morgan fingerprint density at radius 2 is 1.42 bits per heavy atom. The molecule has 0 saturated heterocycles. The molecule has 1 heterocycles. The Labute approximate surface area is 224 Å². The Bertz CT molecular complexity index is 1670. The highest BCUT2D eigenvalue weighted by Crippen LogP contribution is 2.59. The van der Waals surface area contributed by atoms with E-state index >= 15 is 0 Å². The van der Waals surface area contributed by atoms with E-state index in [2.05, 4.69) is 102 Å². The first-order valence-electron chi connectivity index (χ1n) is 14.4. The summed E-state index contributed by atoms with van der Waals surface area (Å²) in [6, 6.07) is 33.7. The molecule has 2 nitrogen and oxygen atoms in total. The fourth-order valence-corrected chi connectivity index (χ4v) is 8.54. The summed E-state index contributed by atoms with van der Waals surface area (Å²) in [5.41, 5.74) is 9.33. The number of ketones is 1. The third-order valence-corrected chi connectivity index (χ3v) is 10.5. The average molecular weight is 496 g/mol. The van der Waals surface area contributed by atoms with Gasteiger partial charge in [0.25, 0.3) is 0 Å². The minimum absolute atomic E-state index is 0.0449. The molecule has 0 radical (unpaired) electrons. The van der Waals surface area contributed by atoms with Crippen molar-refractivity contribution in [2.24, 2.45) is 17.3 Å². The van der Waals surface area contributed by atoms with Crippen molar-refractivity contribution in [3.05, 3.63) is 102 Å². The third kappa shape index (κ3) is 3.10. The second kappa shape index (κ2) is 8.17. The van der Waals surface area contributed by atoms with E-state index in [1.165, 1.54) is 57.0 Å². The lowest BCUT2D eigenvalue weighted by Gasteiger charge is -2.48. The van der Waals surface area contributed by atoms with Gasteiger partial charge >= 0.3 is 0 Å². The largest absolute Gasteiger partial charge is 0.309 e. The molecule has 4 atom stereocenters. The molecule has 0 amide bonds. The summed E-state index contributed by atoms with van der Waals surface area (Å²) in [5, 5.41) is 2.59. The number of carbonyl (C=O) groups excluding carboxylic acids is 1. The number of carbonyl (C=O) groups is 1. The van der Waals surface area contributed by atoms with E-state index in [0.29, 0.717) is 23.5 Å². The van der Waals surface area contributed by atoms with Gasteiger partial charge in [0.2, 0.25) is 0 Å². The van der Waals surface area contributed by atoms with Crippen LogP contribution < -0.4 is 0 Å². The van der Waals surface area contributed by atoms with Gasteiger partial charge in [-0.2, -0.15) is 0 Å². The molecule has 3 aliphatic rings. The molecule has 5 aromatic rings. The average Bonchev–Trinajstić information content (AvgIpc) is 3.46. The topological polar surface area (TPSA) is 22.0 Å². The van der Waals surface area contributed by atoms with Gasteiger partial charge in [0.05, 0.1) is 11.0 Å². The van der Waals surface area contributed by atoms with Gasteiger partial charge in [-0.05, 0) is 96.4 Å². The van der Waals surface area contributed by atoms with Gasteiger partial charge in [0.1, 0.15) is 5.78 Å². The van der Waals surface area contributed by atoms with Crippen LogP contribution in [0.15, 0.2) is 91.0 Å². The van der Waals surface area contributed by atoms with Gasteiger partial charge in [-0.3, -0.25) is 4.79 Å². The highest BCUT2D eigenvalue weighted by atomic mass is 16.1. The smallest absolute Gasteiger partial charge is 0.139 e. The lowest BCUT2D eigenvalue weighted by molar-refractivity contribution is -0.129. The van der Waals surface area contributed by atoms with Crippen LogP contribution in [0.2, 0.25) is 0 Å². The molecular formula is C36H33NO. The van der Waals surface area contributed by atoms with Crippen molar-refractivity contribution in [3.63, 3.8) is 0 Å². The van der Waals surface area contributed by atoms with Crippen LogP contribution in [0.3, 0.4) is 0 Å². The third-order valence-electron chi connectivity index (χ3n) is 10.5. The van der Waals surface area contributed by atoms with Crippen molar-refractivity contribution in [2.45, 2.75) is 51.4 Å². The monoisotopic (exact) mass is 495 g/mol. The fraction of sp³-hybridized carbons (Fsp3) is 0.306. The van der Waals surface area contributed by atoms with Gasteiger partial charge in [0.15, 0.2) is 0 Å². The maximum atomic E-state index is 12.7. The zero-order valence-electron chi connectivity index (χ0n) is 22.0. The SMILES string of the molecule is C[C@]12CC[C@@H]3c4ccc(-c5ccc(-n6c7ccccc7c7ccccc76)cc5)cc4CC[C@H]3[C@@H]1CCC2=O. The van der Waals surface area contributed by atoms with E-state index in [9.17, 15) is 4.79 Å². The van der Waals surface area contributed by atoms with Gasteiger partial charge < -0.3 is 4.57 Å². The number of fused-ring (bicyclic) bond motifs is 8. The zero-order chi connectivity index (χ0) is 25.4. The van der Waals surface area contributed by atoms with Crippen LogP contribution in [0.25, 0.3) is 38.6 Å². The molecule has 188 valence electrons. The highest BCUT2D eigenvalue weighted by molar-refractivity contribution is 6.09. The van der Waals surface area contributed by atoms with E-state index in [0.717, 1.165) is 25.7 Å². The quantitative estimate of drug-likeness (QED) is 0.240. The van der Waals surface area contributed by atoms with Gasteiger partial charge in [0, 0.05) is 28.3 Å². The molecule has 0 aliphatic heterocycles. The van der Waals surface area contributed by atoms with Crippen molar-refractivity contribution in [1.29, 1.82) is 0 Å². The number of benzene rings is 4. The molecule has 4 aromatic carbocycles. The molecule has 8 rings (SSSR count). The summed E-state index contributed by atoms with van der Waals surface area (Å²) >= 11 is 0. The van der Waals surface area contributed by atoms with Crippen LogP contribution in [-0.4, -0.2) is 10.4 Å². The zero-order valence-corrected chi connectivity index (χ0v) is 22.0. The molecule has 1 aromatic heterocycles. The minimum atomic E-state index is -0.0449. The predicted molar refractivity (Wildman–Crippen MR) is 156 cm³/mol. The number of aryl methyl sites for hydroxylation is 1. The second-order valence-electron chi connectivity index (χ2n) is 12.2. The maximum Gasteiger partial charge on any atom is 0.139 e. The molecule has 3 aliphatic carbocycles. The molecule has 0 N–H and O–H groups in total. The Morgan fingerprint density at radius 1 is 0.737 bits per heavy atom. The van der Waals surface area contributed by atoms with Crippen LogP contribution in [-0.2, 0) is 11.2 Å². The van der Waals surface area contributed by atoms with Crippen molar-refractivity contribution < 1.29 is 4.79 Å². The molecule has 0 spiro atoms.